The molecule has 0 saturated carbocycles. The lowest BCUT2D eigenvalue weighted by molar-refractivity contribution is -0.0514. The van der Waals surface area contributed by atoms with E-state index in [-0.39, 0.29) is 5.75 Å². The summed E-state index contributed by atoms with van der Waals surface area (Å²) in [5, 5.41) is 3.15. The molecule has 5 heteroatoms. The summed E-state index contributed by atoms with van der Waals surface area (Å²) in [6, 6.07) is 4.95. The lowest BCUT2D eigenvalue weighted by Gasteiger charge is -2.12. The topological polar surface area (TPSA) is 30.5 Å². The Morgan fingerprint density at radius 2 is 2.00 bits per heavy atom. The van der Waals surface area contributed by atoms with Crippen molar-refractivity contribution in [3.8, 4) is 11.5 Å². The lowest BCUT2D eigenvalue weighted by Crippen LogP contribution is -2.12. The van der Waals surface area contributed by atoms with Gasteiger partial charge in [-0.05, 0) is 31.2 Å². The molecule has 0 unspecified atom stereocenters. The van der Waals surface area contributed by atoms with E-state index in [1.165, 1.54) is 6.07 Å². The standard InChI is InChI=1S/C12H17F2NO2/c1-3-15-8-9-5-6-10(17-12(13)14)11(7-9)16-4-2/h5-7,12,15H,3-4,8H2,1-2H3. The molecule has 1 aromatic rings. The van der Waals surface area contributed by atoms with Crippen LogP contribution in [0.2, 0.25) is 0 Å². The molecule has 0 atom stereocenters. The van der Waals surface area contributed by atoms with E-state index in [0.29, 0.717) is 18.9 Å². The van der Waals surface area contributed by atoms with Crippen LogP contribution in [0.1, 0.15) is 19.4 Å². The number of hydrogen-bond donors (Lipinski definition) is 1. The van der Waals surface area contributed by atoms with Crippen LogP contribution in [0.15, 0.2) is 18.2 Å². The molecule has 0 fully saturated rings. The Bertz CT molecular complexity index is 345. The minimum absolute atomic E-state index is 0.0714. The maximum Gasteiger partial charge on any atom is 0.387 e. The molecule has 1 aromatic carbocycles. The maximum absolute atomic E-state index is 12.2. The van der Waals surface area contributed by atoms with E-state index in [1.54, 1.807) is 19.1 Å². The molecule has 0 bridgehead atoms. The van der Waals surface area contributed by atoms with Gasteiger partial charge in [0, 0.05) is 6.54 Å². The predicted octanol–water partition coefficient (Wildman–Crippen LogP) is 2.80. The van der Waals surface area contributed by atoms with Gasteiger partial charge in [0.25, 0.3) is 0 Å². The van der Waals surface area contributed by atoms with Crippen molar-refractivity contribution < 1.29 is 18.3 Å². The lowest BCUT2D eigenvalue weighted by atomic mass is 10.2. The second-order valence-electron chi connectivity index (χ2n) is 3.37. The first kappa shape index (κ1) is 13.7. The average molecular weight is 245 g/mol. The zero-order valence-electron chi connectivity index (χ0n) is 10.0. The monoisotopic (exact) mass is 245 g/mol. The third-order valence-corrected chi connectivity index (χ3v) is 2.10. The molecule has 0 heterocycles. The fourth-order valence-corrected chi connectivity index (χ4v) is 1.39. The van der Waals surface area contributed by atoms with Crippen molar-refractivity contribution in [3.63, 3.8) is 0 Å². The average Bonchev–Trinajstić information content (AvgIpc) is 2.29. The van der Waals surface area contributed by atoms with Crippen molar-refractivity contribution in [3.05, 3.63) is 23.8 Å². The summed E-state index contributed by atoms with van der Waals surface area (Å²) in [4.78, 5) is 0. The van der Waals surface area contributed by atoms with E-state index < -0.39 is 6.61 Å². The number of rotatable bonds is 7. The molecule has 0 saturated heterocycles. The minimum atomic E-state index is -2.84. The Labute approximate surface area is 99.7 Å². The van der Waals surface area contributed by atoms with Gasteiger partial charge >= 0.3 is 6.61 Å². The smallest absolute Gasteiger partial charge is 0.387 e. The van der Waals surface area contributed by atoms with Gasteiger partial charge in [0.05, 0.1) is 6.61 Å². The summed E-state index contributed by atoms with van der Waals surface area (Å²) in [6.07, 6.45) is 0. The number of benzene rings is 1. The zero-order chi connectivity index (χ0) is 12.7. The first-order chi connectivity index (χ1) is 8.17. The molecular weight excluding hydrogens is 228 g/mol. The Morgan fingerprint density at radius 1 is 1.24 bits per heavy atom. The third-order valence-electron chi connectivity index (χ3n) is 2.10. The van der Waals surface area contributed by atoms with Crippen molar-refractivity contribution >= 4 is 0 Å². The molecule has 0 aliphatic heterocycles. The number of hydrogen-bond acceptors (Lipinski definition) is 3. The van der Waals surface area contributed by atoms with E-state index in [4.69, 9.17) is 4.74 Å². The highest BCUT2D eigenvalue weighted by Gasteiger charge is 2.11. The summed E-state index contributed by atoms with van der Waals surface area (Å²) in [7, 11) is 0. The Hall–Kier alpha value is -1.36. The van der Waals surface area contributed by atoms with Gasteiger partial charge in [-0.2, -0.15) is 8.78 Å². The highest BCUT2D eigenvalue weighted by molar-refractivity contribution is 5.43. The van der Waals surface area contributed by atoms with Crippen molar-refractivity contribution in [2.75, 3.05) is 13.2 Å². The molecule has 0 spiro atoms. The Morgan fingerprint density at radius 3 is 2.59 bits per heavy atom. The van der Waals surface area contributed by atoms with Crippen LogP contribution < -0.4 is 14.8 Å². The molecule has 0 radical (unpaired) electrons. The fourth-order valence-electron chi connectivity index (χ4n) is 1.39. The van der Waals surface area contributed by atoms with Crippen molar-refractivity contribution in [2.45, 2.75) is 27.0 Å². The molecule has 1 rings (SSSR count). The fraction of sp³-hybridized carbons (Fsp3) is 0.500. The maximum atomic E-state index is 12.2. The first-order valence-corrected chi connectivity index (χ1v) is 5.58. The van der Waals surface area contributed by atoms with Crippen LogP contribution in [0.5, 0.6) is 11.5 Å². The summed E-state index contributed by atoms with van der Waals surface area (Å²) < 4.78 is 34.0. The second-order valence-corrected chi connectivity index (χ2v) is 3.37. The molecule has 3 nitrogen and oxygen atoms in total. The van der Waals surface area contributed by atoms with Gasteiger partial charge < -0.3 is 14.8 Å². The van der Waals surface area contributed by atoms with Crippen LogP contribution in [0.4, 0.5) is 8.78 Å². The normalized spacial score (nSPS) is 10.6. The van der Waals surface area contributed by atoms with E-state index in [0.717, 1.165) is 12.1 Å². The van der Waals surface area contributed by atoms with Crippen LogP contribution in [0.25, 0.3) is 0 Å². The van der Waals surface area contributed by atoms with Gasteiger partial charge in [-0.15, -0.1) is 0 Å². The van der Waals surface area contributed by atoms with Gasteiger partial charge in [0.2, 0.25) is 0 Å². The summed E-state index contributed by atoms with van der Waals surface area (Å²) in [6.45, 7) is 2.88. The molecule has 0 aromatic heterocycles. The number of nitrogens with one attached hydrogen (secondary N) is 1. The van der Waals surface area contributed by atoms with Crippen molar-refractivity contribution in [2.24, 2.45) is 0 Å². The SMILES string of the molecule is CCNCc1ccc(OC(F)F)c(OCC)c1. The number of alkyl halides is 2. The van der Waals surface area contributed by atoms with Gasteiger partial charge in [0.1, 0.15) is 0 Å². The quantitative estimate of drug-likeness (QED) is 0.801. The van der Waals surface area contributed by atoms with Crippen molar-refractivity contribution in [1.82, 2.24) is 5.32 Å². The molecule has 0 aliphatic rings. The molecule has 0 aliphatic carbocycles. The Kier molecular flexibility index (Phi) is 5.69. The van der Waals surface area contributed by atoms with E-state index in [2.05, 4.69) is 10.1 Å². The van der Waals surface area contributed by atoms with Crippen molar-refractivity contribution in [1.29, 1.82) is 0 Å². The summed E-state index contributed by atoms with van der Waals surface area (Å²) in [5.41, 5.74) is 0.969. The van der Waals surface area contributed by atoms with Gasteiger partial charge in [-0.25, -0.2) is 0 Å². The van der Waals surface area contributed by atoms with E-state index in [1.807, 2.05) is 6.92 Å². The third kappa shape index (κ3) is 4.56. The summed E-state index contributed by atoms with van der Waals surface area (Å²) >= 11 is 0. The molecule has 96 valence electrons. The van der Waals surface area contributed by atoms with Crippen LogP contribution in [-0.4, -0.2) is 19.8 Å². The van der Waals surface area contributed by atoms with Gasteiger partial charge in [-0.1, -0.05) is 13.0 Å². The summed E-state index contributed by atoms with van der Waals surface area (Å²) in [5.74, 6) is 0.422. The minimum Gasteiger partial charge on any atom is -0.490 e. The van der Waals surface area contributed by atoms with Crippen LogP contribution >= 0.6 is 0 Å². The number of halogens is 2. The van der Waals surface area contributed by atoms with Crippen LogP contribution in [0, 0.1) is 0 Å². The van der Waals surface area contributed by atoms with E-state index in [9.17, 15) is 8.78 Å². The molecule has 1 N–H and O–H groups in total. The first-order valence-electron chi connectivity index (χ1n) is 5.58. The van der Waals surface area contributed by atoms with Crippen LogP contribution in [-0.2, 0) is 6.54 Å². The largest absolute Gasteiger partial charge is 0.490 e. The van der Waals surface area contributed by atoms with Gasteiger partial charge in [-0.3, -0.25) is 0 Å². The molecule has 0 amide bonds. The second kappa shape index (κ2) is 7.06. The zero-order valence-corrected chi connectivity index (χ0v) is 10.0. The van der Waals surface area contributed by atoms with Crippen LogP contribution in [0.3, 0.4) is 0 Å². The highest BCUT2D eigenvalue weighted by Crippen LogP contribution is 2.29. The predicted molar refractivity (Wildman–Crippen MR) is 61.6 cm³/mol. The Balaban J connectivity index is 2.83. The highest BCUT2D eigenvalue weighted by atomic mass is 19.3. The van der Waals surface area contributed by atoms with Gasteiger partial charge in [0.15, 0.2) is 11.5 Å². The molecular formula is C12H17F2NO2. The molecule has 17 heavy (non-hydrogen) atoms. The van der Waals surface area contributed by atoms with E-state index >= 15 is 0 Å². The number of ether oxygens (including phenoxy) is 2.